The fourth-order valence-electron chi connectivity index (χ4n) is 1.09. The molecule has 0 atom stereocenters. The van der Waals surface area contributed by atoms with Crippen molar-refractivity contribution in [1.29, 1.82) is 0 Å². The fourth-order valence-corrected chi connectivity index (χ4v) is 1.09. The van der Waals surface area contributed by atoms with Crippen molar-refractivity contribution in [2.45, 2.75) is 13.3 Å². The van der Waals surface area contributed by atoms with Crippen LogP contribution in [0.4, 0.5) is 0 Å². The van der Waals surface area contributed by atoms with Gasteiger partial charge in [0, 0.05) is 7.11 Å². The second-order valence-corrected chi connectivity index (χ2v) is 2.73. The largest absolute Gasteiger partial charge is 0.384 e. The number of methoxy groups -OCH3 is 1. The summed E-state index contributed by atoms with van der Waals surface area (Å²) in [5, 5.41) is 0. The van der Waals surface area contributed by atoms with Gasteiger partial charge in [0.05, 0.1) is 6.61 Å². The number of hydrogen-bond acceptors (Lipinski definition) is 1. The van der Waals surface area contributed by atoms with E-state index in [1.165, 1.54) is 11.1 Å². The summed E-state index contributed by atoms with van der Waals surface area (Å²) >= 11 is 0. The second kappa shape index (κ2) is 4.14. The zero-order valence-corrected chi connectivity index (χ0v) is 7.13. The van der Waals surface area contributed by atoms with Gasteiger partial charge in [-0.1, -0.05) is 29.8 Å². The van der Waals surface area contributed by atoms with Crippen LogP contribution in [0.3, 0.4) is 0 Å². The van der Waals surface area contributed by atoms with E-state index in [4.69, 9.17) is 4.74 Å². The van der Waals surface area contributed by atoms with Crippen LogP contribution in [-0.4, -0.2) is 13.7 Å². The molecule has 0 aromatic heterocycles. The number of rotatable bonds is 3. The minimum atomic E-state index is 0.809. The first-order valence-corrected chi connectivity index (χ1v) is 3.87. The average Bonchev–Trinajstić information content (AvgIpc) is 2.01. The quantitative estimate of drug-likeness (QED) is 0.641. The Morgan fingerprint density at radius 2 is 2.18 bits per heavy atom. The molecule has 11 heavy (non-hydrogen) atoms. The summed E-state index contributed by atoms with van der Waals surface area (Å²) in [5.41, 5.74) is 2.67. The first-order chi connectivity index (χ1) is 5.33. The van der Waals surface area contributed by atoms with Crippen molar-refractivity contribution in [3.8, 4) is 0 Å². The molecule has 0 fully saturated rings. The molecule has 0 saturated carbocycles. The van der Waals surface area contributed by atoms with Crippen LogP contribution < -0.4 is 0 Å². The smallest absolute Gasteiger partial charge is 0.0502 e. The first-order valence-electron chi connectivity index (χ1n) is 3.87. The van der Waals surface area contributed by atoms with Gasteiger partial charge in [0.25, 0.3) is 0 Å². The molecule has 0 radical (unpaired) electrons. The summed E-state index contributed by atoms with van der Waals surface area (Å²) in [6.07, 6.45) is 1.01. The Labute approximate surface area is 68.0 Å². The van der Waals surface area contributed by atoms with Gasteiger partial charge >= 0.3 is 0 Å². The molecule has 1 rings (SSSR count). The Balaban J connectivity index is 2.56. The lowest BCUT2D eigenvalue weighted by molar-refractivity contribution is 0.202. The number of benzene rings is 1. The van der Waals surface area contributed by atoms with Crippen LogP contribution in [0.5, 0.6) is 0 Å². The zero-order valence-electron chi connectivity index (χ0n) is 7.13. The summed E-state index contributed by atoms with van der Waals surface area (Å²) in [5.74, 6) is 0. The Bertz CT molecular complexity index is 218. The van der Waals surface area contributed by atoms with Crippen LogP contribution in [0.1, 0.15) is 11.1 Å². The lowest BCUT2D eigenvalue weighted by atomic mass is 10.1. The molecule has 0 saturated heterocycles. The van der Waals surface area contributed by atoms with Crippen LogP contribution in [0.2, 0.25) is 0 Å². The summed E-state index contributed by atoms with van der Waals surface area (Å²) in [4.78, 5) is 0. The number of aryl methyl sites for hydroxylation is 1. The lowest BCUT2D eigenvalue weighted by Gasteiger charge is -2.00. The normalized spacial score (nSPS) is 10.0. The van der Waals surface area contributed by atoms with E-state index in [1.54, 1.807) is 7.11 Å². The monoisotopic (exact) mass is 150 g/mol. The van der Waals surface area contributed by atoms with Gasteiger partial charge in [-0.15, -0.1) is 0 Å². The average molecular weight is 150 g/mol. The molecule has 0 spiro atoms. The summed E-state index contributed by atoms with van der Waals surface area (Å²) < 4.78 is 4.99. The molecule has 1 nitrogen and oxygen atoms in total. The fraction of sp³-hybridized carbons (Fsp3) is 0.400. The Morgan fingerprint density at radius 3 is 2.82 bits per heavy atom. The molecule has 1 aromatic rings. The Hall–Kier alpha value is -0.820. The molecule has 0 aliphatic heterocycles. The van der Waals surface area contributed by atoms with E-state index in [-0.39, 0.29) is 0 Å². The van der Waals surface area contributed by atoms with Crippen molar-refractivity contribution in [2.24, 2.45) is 0 Å². The molecule has 1 aromatic carbocycles. The number of ether oxygens (including phenoxy) is 1. The lowest BCUT2D eigenvalue weighted by Crippen LogP contribution is -1.93. The van der Waals surface area contributed by atoms with Crippen molar-refractivity contribution < 1.29 is 4.74 Å². The Morgan fingerprint density at radius 1 is 1.36 bits per heavy atom. The van der Waals surface area contributed by atoms with Gasteiger partial charge < -0.3 is 4.74 Å². The third kappa shape index (κ3) is 2.72. The van der Waals surface area contributed by atoms with Crippen molar-refractivity contribution in [3.63, 3.8) is 0 Å². The van der Waals surface area contributed by atoms with Crippen molar-refractivity contribution in [2.75, 3.05) is 13.7 Å². The van der Waals surface area contributed by atoms with Crippen LogP contribution >= 0.6 is 0 Å². The molecular formula is C10H14O. The zero-order chi connectivity index (χ0) is 8.10. The molecule has 0 aliphatic rings. The third-order valence-electron chi connectivity index (χ3n) is 1.68. The van der Waals surface area contributed by atoms with Gasteiger partial charge in [0.15, 0.2) is 0 Å². The standard InChI is InChI=1S/C10H14O/c1-9-4-3-5-10(8-9)6-7-11-2/h3-5,8H,6-7H2,1-2H3. The highest BCUT2D eigenvalue weighted by molar-refractivity contribution is 5.22. The van der Waals surface area contributed by atoms with E-state index in [2.05, 4.69) is 31.2 Å². The maximum absolute atomic E-state index is 4.99. The second-order valence-electron chi connectivity index (χ2n) is 2.73. The van der Waals surface area contributed by atoms with Gasteiger partial charge in [-0.25, -0.2) is 0 Å². The first kappa shape index (κ1) is 8.28. The summed E-state index contributed by atoms with van der Waals surface area (Å²) in [6.45, 7) is 2.92. The van der Waals surface area contributed by atoms with Gasteiger partial charge in [0.1, 0.15) is 0 Å². The van der Waals surface area contributed by atoms with E-state index < -0.39 is 0 Å². The number of hydrogen-bond donors (Lipinski definition) is 0. The van der Waals surface area contributed by atoms with Crippen LogP contribution in [0.15, 0.2) is 24.3 Å². The molecule has 0 N–H and O–H groups in total. The predicted octanol–water partition coefficient (Wildman–Crippen LogP) is 2.18. The predicted molar refractivity (Wildman–Crippen MR) is 46.8 cm³/mol. The van der Waals surface area contributed by atoms with Crippen molar-refractivity contribution >= 4 is 0 Å². The van der Waals surface area contributed by atoms with Crippen LogP contribution in [0, 0.1) is 6.92 Å². The van der Waals surface area contributed by atoms with Gasteiger partial charge in [-0.2, -0.15) is 0 Å². The minimum Gasteiger partial charge on any atom is -0.384 e. The molecule has 0 bridgehead atoms. The van der Waals surface area contributed by atoms with E-state index in [0.717, 1.165) is 13.0 Å². The maximum atomic E-state index is 4.99. The molecule has 0 heterocycles. The summed E-state index contributed by atoms with van der Waals surface area (Å²) in [6, 6.07) is 8.52. The summed E-state index contributed by atoms with van der Waals surface area (Å²) in [7, 11) is 1.73. The highest BCUT2D eigenvalue weighted by Crippen LogP contribution is 2.04. The molecule has 60 valence electrons. The van der Waals surface area contributed by atoms with E-state index in [1.807, 2.05) is 0 Å². The van der Waals surface area contributed by atoms with Crippen LogP contribution in [0.25, 0.3) is 0 Å². The highest BCUT2D eigenvalue weighted by atomic mass is 16.5. The molecule has 0 aliphatic carbocycles. The van der Waals surface area contributed by atoms with Crippen molar-refractivity contribution in [3.05, 3.63) is 35.4 Å². The molecule has 0 unspecified atom stereocenters. The highest BCUT2D eigenvalue weighted by Gasteiger charge is 1.91. The van der Waals surface area contributed by atoms with Crippen LogP contribution in [-0.2, 0) is 11.2 Å². The van der Waals surface area contributed by atoms with Gasteiger partial charge in [0.2, 0.25) is 0 Å². The molecule has 1 heteroatoms. The SMILES string of the molecule is COCCc1cccc(C)c1. The van der Waals surface area contributed by atoms with E-state index >= 15 is 0 Å². The topological polar surface area (TPSA) is 9.23 Å². The van der Waals surface area contributed by atoms with E-state index in [0.29, 0.717) is 0 Å². The van der Waals surface area contributed by atoms with Gasteiger partial charge in [-0.05, 0) is 18.9 Å². The Kier molecular flexibility index (Phi) is 3.12. The molecule has 0 amide bonds. The van der Waals surface area contributed by atoms with Gasteiger partial charge in [-0.3, -0.25) is 0 Å². The minimum absolute atomic E-state index is 0.809. The maximum Gasteiger partial charge on any atom is 0.0502 e. The van der Waals surface area contributed by atoms with Crippen molar-refractivity contribution in [1.82, 2.24) is 0 Å². The van der Waals surface area contributed by atoms with E-state index in [9.17, 15) is 0 Å². The third-order valence-corrected chi connectivity index (χ3v) is 1.68. The molecular weight excluding hydrogens is 136 g/mol.